The van der Waals surface area contributed by atoms with Crippen LogP contribution in [0.15, 0.2) is 18.2 Å². The Balaban J connectivity index is 2.02. The van der Waals surface area contributed by atoms with Crippen LogP contribution in [0.4, 0.5) is 5.69 Å². The summed E-state index contributed by atoms with van der Waals surface area (Å²) in [6, 6.07) is 6.68. The lowest BCUT2D eigenvalue weighted by molar-refractivity contribution is 0.395. The molecule has 0 aromatic heterocycles. The molecule has 0 saturated carbocycles. The van der Waals surface area contributed by atoms with Crippen LogP contribution in [0.2, 0.25) is 5.02 Å². The molecular formula is C17H27ClN2. The normalized spacial score (nSPS) is 18.3. The molecule has 0 radical (unpaired) electrons. The molecule has 1 aromatic rings. The van der Waals surface area contributed by atoms with Gasteiger partial charge in [-0.25, -0.2) is 0 Å². The van der Waals surface area contributed by atoms with Gasteiger partial charge in [0, 0.05) is 29.8 Å². The Morgan fingerprint density at radius 2 is 2.00 bits per heavy atom. The lowest BCUT2D eigenvalue weighted by Crippen LogP contribution is -2.33. The minimum atomic E-state index is 0.207. The van der Waals surface area contributed by atoms with E-state index in [1.54, 1.807) is 0 Å². The fraction of sp³-hybridized carbons (Fsp3) is 0.647. The second-order valence-corrected chi connectivity index (χ2v) is 6.39. The van der Waals surface area contributed by atoms with Gasteiger partial charge in [0.2, 0.25) is 0 Å². The van der Waals surface area contributed by atoms with Crippen LogP contribution >= 0.6 is 11.6 Å². The summed E-state index contributed by atoms with van der Waals surface area (Å²) in [6.45, 7) is 6.72. The van der Waals surface area contributed by atoms with Gasteiger partial charge in [-0.05, 0) is 49.3 Å². The fourth-order valence-corrected chi connectivity index (χ4v) is 3.18. The molecule has 1 unspecified atom stereocenters. The zero-order chi connectivity index (χ0) is 14.5. The highest BCUT2D eigenvalue weighted by Gasteiger charge is 2.18. The highest BCUT2D eigenvalue weighted by atomic mass is 35.5. The van der Waals surface area contributed by atoms with Crippen molar-refractivity contribution in [2.24, 2.45) is 11.7 Å². The van der Waals surface area contributed by atoms with E-state index in [1.807, 2.05) is 0 Å². The molecule has 1 saturated heterocycles. The summed E-state index contributed by atoms with van der Waals surface area (Å²) < 4.78 is 0. The van der Waals surface area contributed by atoms with E-state index in [1.165, 1.54) is 30.5 Å². The third-order valence-corrected chi connectivity index (χ3v) is 4.95. The molecule has 1 aliphatic rings. The van der Waals surface area contributed by atoms with Crippen LogP contribution in [0.1, 0.15) is 45.1 Å². The first-order valence-electron chi connectivity index (χ1n) is 7.93. The lowest BCUT2D eigenvalue weighted by Gasteiger charge is -2.33. The number of rotatable bonds is 5. The topological polar surface area (TPSA) is 29.3 Å². The third-order valence-electron chi connectivity index (χ3n) is 4.60. The molecule has 0 aliphatic carbocycles. The van der Waals surface area contributed by atoms with Gasteiger partial charge < -0.3 is 10.6 Å². The largest absolute Gasteiger partial charge is 0.371 e. The van der Waals surface area contributed by atoms with Crippen molar-refractivity contribution in [2.45, 2.75) is 52.0 Å². The Kier molecular flexibility index (Phi) is 5.74. The minimum Gasteiger partial charge on any atom is -0.371 e. The number of halogens is 1. The van der Waals surface area contributed by atoms with E-state index < -0.39 is 0 Å². The van der Waals surface area contributed by atoms with Crippen LogP contribution in [-0.2, 0) is 6.42 Å². The van der Waals surface area contributed by atoms with Crippen LogP contribution in [-0.4, -0.2) is 19.1 Å². The van der Waals surface area contributed by atoms with E-state index in [0.717, 1.165) is 36.9 Å². The maximum absolute atomic E-state index is 6.42. The monoisotopic (exact) mass is 294 g/mol. The summed E-state index contributed by atoms with van der Waals surface area (Å²) in [7, 11) is 0. The van der Waals surface area contributed by atoms with Gasteiger partial charge in [-0.3, -0.25) is 0 Å². The van der Waals surface area contributed by atoms with Crippen LogP contribution in [0.5, 0.6) is 0 Å². The number of anilines is 1. The molecule has 0 bridgehead atoms. The Morgan fingerprint density at radius 1 is 1.30 bits per heavy atom. The van der Waals surface area contributed by atoms with Crippen molar-refractivity contribution in [1.82, 2.24) is 0 Å². The van der Waals surface area contributed by atoms with E-state index in [-0.39, 0.29) is 6.04 Å². The van der Waals surface area contributed by atoms with Gasteiger partial charge in [0.25, 0.3) is 0 Å². The maximum Gasteiger partial charge on any atom is 0.0459 e. The highest BCUT2D eigenvalue weighted by molar-refractivity contribution is 6.31. The van der Waals surface area contributed by atoms with Crippen molar-refractivity contribution in [3.63, 3.8) is 0 Å². The van der Waals surface area contributed by atoms with Gasteiger partial charge in [0.1, 0.15) is 0 Å². The Hall–Kier alpha value is -0.730. The molecule has 2 rings (SSSR count). The molecule has 3 heteroatoms. The molecule has 1 atom stereocenters. The molecule has 1 aliphatic heterocycles. The average molecular weight is 295 g/mol. The Morgan fingerprint density at radius 3 is 2.55 bits per heavy atom. The van der Waals surface area contributed by atoms with Crippen LogP contribution in [0.25, 0.3) is 0 Å². The first kappa shape index (κ1) is 15.7. The molecule has 1 fully saturated rings. The first-order valence-corrected chi connectivity index (χ1v) is 8.30. The predicted octanol–water partition coefficient (Wildman–Crippen LogP) is 4.25. The van der Waals surface area contributed by atoms with Crippen molar-refractivity contribution in [3.8, 4) is 0 Å². The van der Waals surface area contributed by atoms with Crippen molar-refractivity contribution < 1.29 is 0 Å². The van der Waals surface area contributed by atoms with Gasteiger partial charge >= 0.3 is 0 Å². The van der Waals surface area contributed by atoms with E-state index in [9.17, 15) is 0 Å². The summed E-state index contributed by atoms with van der Waals surface area (Å²) >= 11 is 6.42. The smallest absolute Gasteiger partial charge is 0.0459 e. The number of hydrogen-bond acceptors (Lipinski definition) is 2. The van der Waals surface area contributed by atoms with Crippen molar-refractivity contribution in [2.75, 3.05) is 18.0 Å². The maximum atomic E-state index is 6.42. The van der Waals surface area contributed by atoms with Crippen molar-refractivity contribution in [3.05, 3.63) is 28.8 Å². The van der Waals surface area contributed by atoms with Gasteiger partial charge in [-0.15, -0.1) is 0 Å². The van der Waals surface area contributed by atoms with Gasteiger partial charge in [-0.1, -0.05) is 37.9 Å². The number of piperidine rings is 1. The van der Waals surface area contributed by atoms with Crippen LogP contribution in [0, 0.1) is 5.92 Å². The Labute approximate surface area is 128 Å². The number of nitrogens with two attached hydrogens (primary N) is 1. The van der Waals surface area contributed by atoms with E-state index in [2.05, 4.69) is 36.9 Å². The standard InChI is InChI=1S/C17H27ClN2/c1-3-13-7-9-20(10-8-13)16-6-5-14(17(18)12-16)11-15(19)4-2/h5-6,12-13,15H,3-4,7-11,19H2,1-2H3. The highest BCUT2D eigenvalue weighted by Crippen LogP contribution is 2.29. The second kappa shape index (κ2) is 7.33. The molecule has 0 spiro atoms. The van der Waals surface area contributed by atoms with Crippen molar-refractivity contribution >= 4 is 17.3 Å². The minimum absolute atomic E-state index is 0.207. The zero-order valence-corrected chi connectivity index (χ0v) is 13.5. The quantitative estimate of drug-likeness (QED) is 0.880. The zero-order valence-electron chi connectivity index (χ0n) is 12.7. The molecule has 1 heterocycles. The fourth-order valence-electron chi connectivity index (χ4n) is 2.92. The number of hydrogen-bond donors (Lipinski definition) is 1. The molecule has 112 valence electrons. The second-order valence-electron chi connectivity index (χ2n) is 5.99. The van der Waals surface area contributed by atoms with Gasteiger partial charge in [0.15, 0.2) is 0 Å². The summed E-state index contributed by atoms with van der Waals surface area (Å²) in [5.74, 6) is 0.906. The van der Waals surface area contributed by atoms with E-state index in [4.69, 9.17) is 17.3 Å². The first-order chi connectivity index (χ1) is 9.63. The average Bonchev–Trinajstić information content (AvgIpc) is 2.49. The van der Waals surface area contributed by atoms with Crippen molar-refractivity contribution in [1.29, 1.82) is 0 Å². The lowest BCUT2D eigenvalue weighted by atomic mass is 9.94. The predicted molar refractivity (Wildman–Crippen MR) is 88.7 cm³/mol. The van der Waals surface area contributed by atoms with Crippen LogP contribution in [0.3, 0.4) is 0 Å². The molecular weight excluding hydrogens is 268 g/mol. The van der Waals surface area contributed by atoms with E-state index in [0.29, 0.717) is 0 Å². The summed E-state index contributed by atoms with van der Waals surface area (Å²) in [5.41, 5.74) is 8.45. The van der Waals surface area contributed by atoms with Gasteiger partial charge in [-0.2, -0.15) is 0 Å². The van der Waals surface area contributed by atoms with Crippen LogP contribution < -0.4 is 10.6 Å². The molecule has 2 N–H and O–H groups in total. The van der Waals surface area contributed by atoms with E-state index >= 15 is 0 Å². The number of benzene rings is 1. The SMILES string of the molecule is CCC(N)Cc1ccc(N2CCC(CC)CC2)cc1Cl. The Bertz CT molecular complexity index is 425. The summed E-state index contributed by atoms with van der Waals surface area (Å²) in [6.07, 6.45) is 5.77. The third kappa shape index (κ3) is 3.89. The number of nitrogens with zero attached hydrogens (tertiary/aromatic N) is 1. The summed E-state index contributed by atoms with van der Waals surface area (Å²) in [4.78, 5) is 2.46. The summed E-state index contributed by atoms with van der Waals surface area (Å²) in [5, 5.41) is 0.865. The molecule has 0 amide bonds. The molecule has 1 aromatic carbocycles. The molecule has 20 heavy (non-hydrogen) atoms. The molecule has 2 nitrogen and oxygen atoms in total. The van der Waals surface area contributed by atoms with Gasteiger partial charge in [0.05, 0.1) is 0 Å².